The number of carbonyl (C=O) groups excluding carboxylic acids is 1. The van der Waals surface area contributed by atoms with Crippen molar-refractivity contribution in [1.82, 2.24) is 0 Å². The quantitative estimate of drug-likeness (QED) is 0.763. The zero-order valence-electron chi connectivity index (χ0n) is 11.3. The molecule has 18 heavy (non-hydrogen) atoms. The van der Waals surface area contributed by atoms with E-state index in [2.05, 4.69) is 0 Å². The van der Waals surface area contributed by atoms with Crippen molar-refractivity contribution in [2.24, 2.45) is 11.1 Å². The van der Waals surface area contributed by atoms with Gasteiger partial charge in [-0.1, -0.05) is 6.42 Å². The first-order chi connectivity index (χ1) is 8.67. The molecule has 0 aliphatic heterocycles. The number of rotatable bonds is 5. The Hall–Kier alpha value is -0.610. The monoisotopic (exact) mass is 255 g/mol. The standard InChI is InChI=1S/C14H25NO3/c1-17-11-4-2-5-12(8-11)18-13(16)9-14(10-15)6-3-7-14/h11-12H,2-10,15H2,1H3. The van der Waals surface area contributed by atoms with Crippen LogP contribution in [0.1, 0.15) is 51.4 Å². The first kappa shape index (κ1) is 13.8. The molecule has 2 aliphatic carbocycles. The van der Waals surface area contributed by atoms with Crippen LogP contribution in [-0.4, -0.2) is 31.8 Å². The maximum atomic E-state index is 12.0. The molecule has 2 rings (SSSR count). The van der Waals surface area contributed by atoms with E-state index in [-0.39, 0.29) is 23.6 Å². The molecular weight excluding hydrogens is 230 g/mol. The lowest BCUT2D eigenvalue weighted by Crippen LogP contribution is -2.40. The van der Waals surface area contributed by atoms with Crippen LogP contribution in [0.15, 0.2) is 0 Å². The summed E-state index contributed by atoms with van der Waals surface area (Å²) in [7, 11) is 1.73. The molecule has 0 bridgehead atoms. The second-order valence-corrected chi connectivity index (χ2v) is 5.87. The van der Waals surface area contributed by atoms with Gasteiger partial charge in [0.05, 0.1) is 12.5 Å². The van der Waals surface area contributed by atoms with Crippen LogP contribution in [0.5, 0.6) is 0 Å². The van der Waals surface area contributed by atoms with Crippen molar-refractivity contribution in [3.8, 4) is 0 Å². The maximum absolute atomic E-state index is 12.0. The first-order valence-corrected chi connectivity index (χ1v) is 7.10. The molecule has 104 valence electrons. The molecule has 2 unspecified atom stereocenters. The SMILES string of the molecule is COC1CCCC(OC(=O)CC2(CN)CCC2)C1. The van der Waals surface area contributed by atoms with Crippen molar-refractivity contribution >= 4 is 5.97 Å². The van der Waals surface area contributed by atoms with E-state index in [1.165, 1.54) is 6.42 Å². The summed E-state index contributed by atoms with van der Waals surface area (Å²) in [6.07, 6.45) is 8.12. The average Bonchev–Trinajstić information content (AvgIpc) is 2.34. The molecule has 2 fully saturated rings. The van der Waals surface area contributed by atoms with Crippen LogP contribution in [0.4, 0.5) is 0 Å². The number of ether oxygens (including phenoxy) is 2. The molecule has 0 spiro atoms. The highest BCUT2D eigenvalue weighted by Gasteiger charge is 2.38. The Labute approximate surface area is 109 Å². The molecule has 0 radical (unpaired) electrons. The predicted molar refractivity (Wildman–Crippen MR) is 69.1 cm³/mol. The highest BCUT2D eigenvalue weighted by Crippen LogP contribution is 2.43. The smallest absolute Gasteiger partial charge is 0.306 e. The van der Waals surface area contributed by atoms with Crippen molar-refractivity contribution < 1.29 is 14.3 Å². The summed E-state index contributed by atoms with van der Waals surface area (Å²) >= 11 is 0. The molecule has 2 saturated carbocycles. The fourth-order valence-electron chi connectivity index (χ4n) is 3.09. The number of nitrogens with two attached hydrogens (primary N) is 1. The van der Waals surface area contributed by atoms with E-state index in [0.29, 0.717) is 13.0 Å². The molecule has 2 N–H and O–H groups in total. The van der Waals surface area contributed by atoms with Gasteiger partial charge in [0, 0.05) is 13.5 Å². The van der Waals surface area contributed by atoms with E-state index in [9.17, 15) is 4.79 Å². The molecule has 4 nitrogen and oxygen atoms in total. The molecule has 0 aromatic heterocycles. The number of hydrogen-bond donors (Lipinski definition) is 1. The van der Waals surface area contributed by atoms with Crippen LogP contribution in [0.3, 0.4) is 0 Å². The second-order valence-electron chi connectivity index (χ2n) is 5.87. The fraction of sp³-hybridized carbons (Fsp3) is 0.929. The molecule has 2 atom stereocenters. The van der Waals surface area contributed by atoms with Crippen molar-refractivity contribution in [1.29, 1.82) is 0 Å². The Morgan fingerprint density at radius 1 is 1.28 bits per heavy atom. The highest BCUT2D eigenvalue weighted by atomic mass is 16.5. The van der Waals surface area contributed by atoms with Gasteiger partial charge in [-0.05, 0) is 44.1 Å². The molecule has 0 saturated heterocycles. The maximum Gasteiger partial charge on any atom is 0.306 e. The zero-order valence-corrected chi connectivity index (χ0v) is 11.3. The van der Waals surface area contributed by atoms with Gasteiger partial charge in [0.25, 0.3) is 0 Å². The Bertz CT molecular complexity index is 283. The lowest BCUT2D eigenvalue weighted by Gasteiger charge is -2.40. The lowest BCUT2D eigenvalue weighted by atomic mass is 9.67. The number of methoxy groups -OCH3 is 1. The third-order valence-corrected chi connectivity index (χ3v) is 4.58. The summed E-state index contributed by atoms with van der Waals surface area (Å²) in [5.41, 5.74) is 5.81. The average molecular weight is 255 g/mol. The van der Waals surface area contributed by atoms with E-state index in [4.69, 9.17) is 15.2 Å². The normalized spacial score (nSPS) is 30.6. The summed E-state index contributed by atoms with van der Waals surface area (Å²) in [4.78, 5) is 12.0. The van der Waals surface area contributed by atoms with Gasteiger partial charge in [0.15, 0.2) is 0 Å². The van der Waals surface area contributed by atoms with Crippen molar-refractivity contribution in [2.45, 2.75) is 63.6 Å². The highest BCUT2D eigenvalue weighted by molar-refractivity contribution is 5.70. The molecule has 2 aliphatic rings. The van der Waals surface area contributed by atoms with Crippen LogP contribution in [0.2, 0.25) is 0 Å². The third-order valence-electron chi connectivity index (χ3n) is 4.58. The molecule has 0 aromatic rings. The van der Waals surface area contributed by atoms with Gasteiger partial charge in [-0.15, -0.1) is 0 Å². The van der Waals surface area contributed by atoms with E-state index >= 15 is 0 Å². The predicted octanol–water partition coefficient (Wildman–Crippen LogP) is 2.01. The van der Waals surface area contributed by atoms with Gasteiger partial charge in [0.2, 0.25) is 0 Å². The van der Waals surface area contributed by atoms with E-state index in [0.717, 1.165) is 38.5 Å². The Balaban J connectivity index is 1.76. The summed E-state index contributed by atoms with van der Waals surface area (Å²) in [6, 6.07) is 0. The molecule has 0 amide bonds. The van der Waals surface area contributed by atoms with Gasteiger partial charge in [-0.3, -0.25) is 4.79 Å². The third kappa shape index (κ3) is 3.23. The first-order valence-electron chi connectivity index (χ1n) is 7.10. The number of esters is 1. The topological polar surface area (TPSA) is 61.5 Å². The van der Waals surface area contributed by atoms with E-state index < -0.39 is 0 Å². The molecular formula is C14H25NO3. The van der Waals surface area contributed by atoms with Crippen molar-refractivity contribution in [3.05, 3.63) is 0 Å². The fourth-order valence-corrected chi connectivity index (χ4v) is 3.09. The second kappa shape index (κ2) is 6.02. The van der Waals surface area contributed by atoms with Crippen LogP contribution in [0, 0.1) is 5.41 Å². The Morgan fingerprint density at radius 3 is 2.56 bits per heavy atom. The minimum Gasteiger partial charge on any atom is -0.462 e. The minimum absolute atomic E-state index is 0.0473. The van der Waals surface area contributed by atoms with Crippen molar-refractivity contribution in [2.75, 3.05) is 13.7 Å². The van der Waals surface area contributed by atoms with Gasteiger partial charge in [-0.2, -0.15) is 0 Å². The summed E-state index contributed by atoms with van der Waals surface area (Å²) < 4.78 is 10.9. The van der Waals surface area contributed by atoms with Crippen LogP contribution in [-0.2, 0) is 14.3 Å². The van der Waals surface area contributed by atoms with Gasteiger partial charge >= 0.3 is 5.97 Å². The Morgan fingerprint density at radius 2 is 2.00 bits per heavy atom. The summed E-state index contributed by atoms with van der Waals surface area (Å²) in [5.74, 6) is -0.0677. The van der Waals surface area contributed by atoms with E-state index in [1.807, 2.05) is 0 Å². The summed E-state index contributed by atoms with van der Waals surface area (Å²) in [6.45, 7) is 0.605. The van der Waals surface area contributed by atoms with Crippen LogP contribution >= 0.6 is 0 Å². The molecule has 0 aromatic carbocycles. The van der Waals surface area contributed by atoms with Gasteiger partial charge < -0.3 is 15.2 Å². The van der Waals surface area contributed by atoms with Crippen LogP contribution < -0.4 is 5.73 Å². The number of carbonyl (C=O) groups is 1. The van der Waals surface area contributed by atoms with Crippen molar-refractivity contribution in [3.63, 3.8) is 0 Å². The molecule has 0 heterocycles. The van der Waals surface area contributed by atoms with Gasteiger partial charge in [0.1, 0.15) is 6.10 Å². The van der Waals surface area contributed by atoms with Crippen LogP contribution in [0.25, 0.3) is 0 Å². The zero-order chi connectivity index (χ0) is 13.0. The van der Waals surface area contributed by atoms with E-state index in [1.54, 1.807) is 7.11 Å². The summed E-state index contributed by atoms with van der Waals surface area (Å²) in [5, 5.41) is 0. The minimum atomic E-state index is -0.0677. The Kier molecular flexibility index (Phi) is 4.62. The number of hydrogen-bond acceptors (Lipinski definition) is 4. The largest absolute Gasteiger partial charge is 0.462 e. The van der Waals surface area contributed by atoms with Gasteiger partial charge in [-0.25, -0.2) is 0 Å². The molecule has 4 heteroatoms. The lowest BCUT2D eigenvalue weighted by molar-refractivity contribution is -0.156.